The number of carbonyl (C=O) groups is 5. The molecule has 3 amide bonds. The molecule has 0 bridgehead atoms. The molecular weight excluding hydrogens is 1090 g/mol. The largest absolute Gasteiger partial charge is 0.480 e. The lowest BCUT2D eigenvalue weighted by Gasteiger charge is -2.30. The molecule has 5 aromatic rings. The van der Waals surface area contributed by atoms with Gasteiger partial charge in [-0.2, -0.15) is 0 Å². The van der Waals surface area contributed by atoms with Crippen LogP contribution < -0.4 is 16.0 Å². The highest BCUT2D eigenvalue weighted by atomic mass is 35.5. The minimum absolute atomic E-state index is 0.0364. The van der Waals surface area contributed by atoms with E-state index in [0.717, 1.165) is 83.9 Å². The minimum atomic E-state index is -1.18. The molecule has 3 aliphatic carbocycles. The Morgan fingerprint density at radius 2 is 1.18 bits per heavy atom. The second-order valence-electron chi connectivity index (χ2n) is 23.8. The van der Waals surface area contributed by atoms with Crippen molar-refractivity contribution >= 4 is 53.0 Å². The number of benzene rings is 5. The number of aliphatic carboxylic acids is 1. The van der Waals surface area contributed by atoms with Crippen LogP contribution in [0, 0.1) is 11.8 Å². The highest BCUT2D eigenvalue weighted by molar-refractivity contribution is 6.34. The standard InChI is InChI=1S/C71H85Cl2N3O8/c1-70(2,48-51-45-52(60-47-53(60)46-51)44-50-36-38-55(39-37-50)71(73,54-26-16-15-17-27-54)62-32-24-25-33-63(62)72)84-67(79)35-19-14-12-10-8-6-4-3-5-7-9-11-13-18-34-66(78)76-64(68(80)81)40-41-65(77)74-42-43-75-69(82)83-49-61-58-30-22-20-28-56(58)57-29-21-23-31-59(57)61/h15-17,20-33,36-39,45-46,53,60-61,64H,3-14,18-19,34-35,40-44,47-49H2,1-2H3,(H,74,77)(H,75,82)(H,76,78)(H,80,81)/t53?,60-,64-,71?/m0/s1. The van der Waals surface area contributed by atoms with E-state index in [4.69, 9.17) is 32.7 Å². The van der Waals surface area contributed by atoms with Crippen LogP contribution in [0.4, 0.5) is 4.79 Å². The van der Waals surface area contributed by atoms with Crippen molar-refractivity contribution in [3.63, 3.8) is 0 Å². The zero-order valence-electron chi connectivity index (χ0n) is 49.1. The van der Waals surface area contributed by atoms with Gasteiger partial charge in [0, 0.05) is 55.3 Å². The van der Waals surface area contributed by atoms with Gasteiger partial charge in [-0.05, 0) is 108 Å². The zero-order chi connectivity index (χ0) is 59.3. The third-order valence-electron chi connectivity index (χ3n) is 16.7. The third-order valence-corrected chi connectivity index (χ3v) is 17.7. The summed E-state index contributed by atoms with van der Waals surface area (Å²) in [5.74, 6) is -0.907. The molecule has 1 saturated carbocycles. The Balaban J connectivity index is 0.599. The number of carboxylic acids is 1. The molecular formula is C71H85Cl2N3O8. The Bertz CT molecular complexity index is 3020. The molecule has 4 atom stereocenters. The summed E-state index contributed by atoms with van der Waals surface area (Å²) in [6, 6.07) is 41.6. The lowest BCUT2D eigenvalue weighted by atomic mass is 9.83. The summed E-state index contributed by atoms with van der Waals surface area (Å²) in [6.07, 6.45) is 22.7. The number of amides is 3. The molecule has 3 aliphatic rings. The maximum absolute atomic E-state index is 13.0. The first kappa shape index (κ1) is 63.3. The Labute approximate surface area is 507 Å². The van der Waals surface area contributed by atoms with Crippen LogP contribution in [0.5, 0.6) is 0 Å². The first-order chi connectivity index (χ1) is 40.7. The van der Waals surface area contributed by atoms with E-state index in [1.54, 1.807) is 0 Å². The van der Waals surface area contributed by atoms with Gasteiger partial charge in [0.05, 0.1) is 0 Å². The zero-order valence-corrected chi connectivity index (χ0v) is 50.6. The summed E-state index contributed by atoms with van der Waals surface area (Å²) < 4.78 is 11.6. The van der Waals surface area contributed by atoms with Gasteiger partial charge in [-0.15, -0.1) is 11.6 Å². The summed E-state index contributed by atoms with van der Waals surface area (Å²) in [5, 5.41) is 18.2. The van der Waals surface area contributed by atoms with E-state index in [-0.39, 0.29) is 62.7 Å². The monoisotopic (exact) mass is 1180 g/mol. The number of allylic oxidation sites excluding steroid dienone is 3. The first-order valence-electron chi connectivity index (χ1n) is 30.8. The molecule has 0 radical (unpaired) electrons. The van der Waals surface area contributed by atoms with Gasteiger partial charge >= 0.3 is 18.0 Å². The second-order valence-corrected chi connectivity index (χ2v) is 24.8. The molecule has 0 aromatic heterocycles. The number of hydrogen-bond acceptors (Lipinski definition) is 7. The Hall–Kier alpha value is -6.69. The Kier molecular flexibility index (Phi) is 23.7. The predicted octanol–water partition coefficient (Wildman–Crippen LogP) is 15.9. The van der Waals surface area contributed by atoms with Crippen LogP contribution in [0.2, 0.25) is 5.02 Å². The van der Waals surface area contributed by atoms with E-state index in [9.17, 15) is 29.1 Å². The lowest BCUT2D eigenvalue weighted by Crippen LogP contribution is -2.42. The van der Waals surface area contributed by atoms with Gasteiger partial charge in [-0.1, -0.05) is 228 Å². The van der Waals surface area contributed by atoms with Crippen molar-refractivity contribution in [3.05, 3.63) is 189 Å². The van der Waals surface area contributed by atoms with E-state index in [1.165, 1.54) is 68.1 Å². The molecule has 0 spiro atoms. The van der Waals surface area contributed by atoms with Gasteiger partial charge in [0.15, 0.2) is 0 Å². The molecule has 5 aromatic carbocycles. The van der Waals surface area contributed by atoms with Crippen molar-refractivity contribution in [2.24, 2.45) is 11.8 Å². The van der Waals surface area contributed by atoms with Crippen LogP contribution in [0.25, 0.3) is 11.1 Å². The molecule has 4 N–H and O–H groups in total. The number of esters is 1. The number of alkyl carbamates (subject to hydrolysis) is 1. The predicted molar refractivity (Wildman–Crippen MR) is 335 cm³/mol. The third kappa shape index (κ3) is 18.4. The highest BCUT2D eigenvalue weighted by Crippen LogP contribution is 2.51. The van der Waals surface area contributed by atoms with Gasteiger partial charge in [0.2, 0.25) is 11.8 Å². The number of fused-ring (bicyclic) bond motifs is 4. The number of halogens is 2. The van der Waals surface area contributed by atoms with Crippen molar-refractivity contribution in [2.45, 2.75) is 171 Å². The van der Waals surface area contributed by atoms with E-state index >= 15 is 0 Å². The van der Waals surface area contributed by atoms with Crippen molar-refractivity contribution < 1.29 is 38.6 Å². The van der Waals surface area contributed by atoms with Crippen LogP contribution in [0.1, 0.15) is 182 Å². The lowest BCUT2D eigenvalue weighted by molar-refractivity contribution is -0.156. The fourth-order valence-corrected chi connectivity index (χ4v) is 13.0. The first-order valence-corrected chi connectivity index (χ1v) is 31.5. The molecule has 84 heavy (non-hydrogen) atoms. The number of carbonyl (C=O) groups excluding carboxylic acids is 4. The molecule has 13 heteroatoms. The molecule has 8 rings (SSSR count). The van der Waals surface area contributed by atoms with Gasteiger partial charge < -0.3 is 30.5 Å². The van der Waals surface area contributed by atoms with Crippen molar-refractivity contribution in [2.75, 3.05) is 19.7 Å². The van der Waals surface area contributed by atoms with E-state index in [1.807, 2.05) is 80.6 Å². The fourth-order valence-electron chi connectivity index (χ4n) is 12.2. The van der Waals surface area contributed by atoms with Crippen LogP contribution in [0.15, 0.2) is 151 Å². The van der Waals surface area contributed by atoms with Gasteiger partial charge in [-0.25, -0.2) is 9.59 Å². The molecule has 1 fully saturated rings. The summed E-state index contributed by atoms with van der Waals surface area (Å²) in [6.45, 7) is 4.55. The molecule has 2 unspecified atom stereocenters. The Morgan fingerprint density at radius 3 is 1.80 bits per heavy atom. The van der Waals surface area contributed by atoms with Crippen LogP contribution >= 0.6 is 23.2 Å². The normalized spacial score (nSPS) is 16.1. The average molecular weight is 1180 g/mol. The molecule has 0 saturated heterocycles. The number of rotatable bonds is 35. The number of nitrogens with one attached hydrogen (secondary N) is 3. The smallest absolute Gasteiger partial charge is 0.407 e. The quantitative estimate of drug-likeness (QED) is 0.0135. The maximum atomic E-state index is 13.0. The highest BCUT2D eigenvalue weighted by Gasteiger charge is 2.42. The summed E-state index contributed by atoms with van der Waals surface area (Å²) in [7, 11) is 0. The Morgan fingerprint density at radius 1 is 0.631 bits per heavy atom. The summed E-state index contributed by atoms with van der Waals surface area (Å²) >= 11 is 14.3. The molecule has 446 valence electrons. The number of unbranched alkanes of at least 4 members (excludes halogenated alkanes) is 13. The average Bonchev–Trinajstić information content (AvgIpc) is 1.89. The van der Waals surface area contributed by atoms with E-state index in [2.05, 4.69) is 88.8 Å². The summed E-state index contributed by atoms with van der Waals surface area (Å²) in [4.78, 5) is 61.4. The molecule has 0 aliphatic heterocycles. The number of ether oxygens (including phenoxy) is 2. The second kappa shape index (κ2) is 31.4. The van der Waals surface area contributed by atoms with Crippen LogP contribution in [-0.4, -0.2) is 66.3 Å². The van der Waals surface area contributed by atoms with E-state index < -0.39 is 28.6 Å². The van der Waals surface area contributed by atoms with Crippen molar-refractivity contribution in [3.8, 4) is 11.1 Å². The number of hydrogen-bond donors (Lipinski definition) is 4. The minimum Gasteiger partial charge on any atom is -0.480 e. The maximum Gasteiger partial charge on any atom is 0.407 e. The van der Waals surface area contributed by atoms with Crippen molar-refractivity contribution in [1.29, 1.82) is 0 Å². The fraction of sp³-hybridized carbons (Fsp3) is 0.451. The number of alkyl halides is 1. The van der Waals surface area contributed by atoms with Gasteiger partial charge in [-0.3, -0.25) is 14.4 Å². The summed E-state index contributed by atoms with van der Waals surface area (Å²) in [5.41, 5.74) is 10.7. The topological polar surface area (TPSA) is 160 Å². The van der Waals surface area contributed by atoms with Crippen molar-refractivity contribution in [1.82, 2.24) is 16.0 Å². The van der Waals surface area contributed by atoms with E-state index in [0.29, 0.717) is 36.1 Å². The van der Waals surface area contributed by atoms with Gasteiger partial charge in [0.1, 0.15) is 23.1 Å². The van der Waals surface area contributed by atoms with Crippen LogP contribution in [0.3, 0.4) is 0 Å². The molecule has 0 heterocycles. The van der Waals surface area contributed by atoms with Crippen LogP contribution in [-0.2, 0) is 39.9 Å². The number of carboxylic acid groups (broad SMARTS) is 1. The SMILES string of the molecule is CC(C)(CC1=CC2C[C@H]2C(Cc2ccc(C(Cl)(c3ccccc3)c3ccccc3Cl)cc2)=C1)OC(=O)CCCCCCCCCCCCCCCCC(=O)N[C@@H](CCC(=O)NCCNC(=O)OCC1c2ccccc2-c2ccccc21)C(=O)O. The molecule has 11 nitrogen and oxygen atoms in total. The van der Waals surface area contributed by atoms with Gasteiger partial charge in [0.25, 0.3) is 0 Å².